The van der Waals surface area contributed by atoms with Crippen molar-refractivity contribution in [3.8, 4) is 5.69 Å². The van der Waals surface area contributed by atoms with Crippen molar-refractivity contribution in [1.82, 2.24) is 24.4 Å². The number of carbonyl (C=O) groups is 1. The Morgan fingerprint density at radius 3 is 2.47 bits per heavy atom. The molecule has 2 aliphatic heterocycles. The Hall–Kier alpha value is -4.19. The van der Waals surface area contributed by atoms with Gasteiger partial charge < -0.3 is 14.8 Å². The Morgan fingerprint density at radius 2 is 1.70 bits per heavy atom. The first-order valence-corrected chi connectivity index (χ1v) is 15.3. The quantitative estimate of drug-likeness (QED) is 0.226. The van der Waals surface area contributed by atoms with Gasteiger partial charge in [0.25, 0.3) is 0 Å². The summed E-state index contributed by atoms with van der Waals surface area (Å²) in [5.41, 5.74) is 4.74. The van der Waals surface area contributed by atoms with E-state index in [9.17, 15) is 4.79 Å². The van der Waals surface area contributed by atoms with E-state index in [-0.39, 0.29) is 6.03 Å². The summed E-state index contributed by atoms with van der Waals surface area (Å²) in [4.78, 5) is 15.3. The first-order valence-electron chi connectivity index (χ1n) is 14.5. The molecule has 0 unspecified atom stereocenters. The third-order valence-electron chi connectivity index (χ3n) is 7.98. The van der Waals surface area contributed by atoms with Gasteiger partial charge in [0, 0.05) is 46.4 Å². The minimum atomic E-state index is -0.531. The van der Waals surface area contributed by atoms with Crippen LogP contribution in [0, 0.1) is 6.92 Å². The van der Waals surface area contributed by atoms with Crippen LogP contribution < -0.4 is 10.6 Å². The molecular formula is C32H33N7O3S. The van der Waals surface area contributed by atoms with E-state index >= 15 is 0 Å². The van der Waals surface area contributed by atoms with E-state index in [2.05, 4.69) is 37.5 Å². The number of aryl methyl sites for hydroxylation is 1. The fraction of sp³-hybridized carbons (Fsp3) is 0.312. The van der Waals surface area contributed by atoms with Gasteiger partial charge in [0.05, 0.1) is 12.3 Å². The first-order chi connectivity index (χ1) is 20.8. The molecule has 10 nitrogen and oxygen atoms in total. The molecule has 11 heteroatoms. The number of nitrogens with one attached hydrogen (secondary N) is 2. The standard InChI is InChI=1S/C32H33N7O3S/c1-20-4-8-23(9-5-20)39-30(26-19-42-32(2,3)28(26)37-39)34-31(40)33-22-6-10-24(11-7-22)43-25-12-13-27-35-36-29(38(27)18-25)21-14-16-41-17-15-21/h4-13,18,21H,14-17,19H2,1-3H3,(H2,33,34,40). The lowest BCUT2D eigenvalue weighted by Crippen LogP contribution is -2.22. The molecule has 0 atom stereocenters. The van der Waals surface area contributed by atoms with Crippen molar-refractivity contribution in [2.45, 2.75) is 61.5 Å². The highest BCUT2D eigenvalue weighted by Gasteiger charge is 2.38. The lowest BCUT2D eigenvalue weighted by Gasteiger charge is -2.20. The molecular weight excluding hydrogens is 562 g/mol. The SMILES string of the molecule is Cc1ccc(-n2nc3c(c2NC(=O)Nc2ccc(Sc4ccc5nnc(C6CCOCC6)n5c4)cc2)COC3(C)C)cc1. The maximum Gasteiger partial charge on any atom is 0.324 e. The first kappa shape index (κ1) is 27.6. The van der Waals surface area contributed by atoms with Gasteiger partial charge in [0.1, 0.15) is 22.9 Å². The number of ether oxygens (including phenoxy) is 2. The van der Waals surface area contributed by atoms with Gasteiger partial charge in [-0.3, -0.25) is 9.72 Å². The van der Waals surface area contributed by atoms with E-state index in [1.165, 1.54) is 0 Å². The maximum absolute atomic E-state index is 13.2. The molecule has 43 heavy (non-hydrogen) atoms. The number of pyridine rings is 1. The van der Waals surface area contributed by atoms with Crippen molar-refractivity contribution in [3.63, 3.8) is 0 Å². The minimum Gasteiger partial charge on any atom is -0.381 e. The molecule has 2 aromatic carbocycles. The number of anilines is 2. The molecule has 220 valence electrons. The number of aromatic nitrogens is 5. The van der Waals surface area contributed by atoms with Crippen LogP contribution in [0.4, 0.5) is 16.3 Å². The Bertz CT molecular complexity index is 1790. The summed E-state index contributed by atoms with van der Waals surface area (Å²) in [6.07, 6.45) is 4.02. The van der Waals surface area contributed by atoms with E-state index < -0.39 is 5.60 Å². The Kier molecular flexibility index (Phi) is 7.16. The van der Waals surface area contributed by atoms with E-state index in [0.29, 0.717) is 24.0 Å². The van der Waals surface area contributed by atoms with Crippen molar-refractivity contribution >= 4 is 34.9 Å². The van der Waals surface area contributed by atoms with Crippen LogP contribution in [-0.2, 0) is 21.7 Å². The highest BCUT2D eigenvalue weighted by molar-refractivity contribution is 7.99. The Morgan fingerprint density at radius 1 is 0.953 bits per heavy atom. The van der Waals surface area contributed by atoms with Crippen molar-refractivity contribution in [3.05, 3.63) is 89.5 Å². The van der Waals surface area contributed by atoms with Gasteiger partial charge in [-0.25, -0.2) is 9.48 Å². The molecule has 5 heterocycles. The average molecular weight is 596 g/mol. The van der Waals surface area contributed by atoms with Gasteiger partial charge in [-0.1, -0.05) is 29.5 Å². The summed E-state index contributed by atoms with van der Waals surface area (Å²) >= 11 is 1.65. The molecule has 2 N–H and O–H groups in total. The van der Waals surface area contributed by atoms with Crippen LogP contribution in [0.15, 0.2) is 76.7 Å². The number of urea groups is 1. The van der Waals surface area contributed by atoms with Crippen LogP contribution in [0.2, 0.25) is 0 Å². The topological polar surface area (TPSA) is 108 Å². The smallest absolute Gasteiger partial charge is 0.324 e. The molecule has 0 bridgehead atoms. The fourth-order valence-electron chi connectivity index (χ4n) is 5.59. The largest absolute Gasteiger partial charge is 0.381 e. The van der Waals surface area contributed by atoms with Crippen molar-refractivity contribution in [2.75, 3.05) is 23.8 Å². The van der Waals surface area contributed by atoms with E-state index in [1.807, 2.05) is 75.4 Å². The van der Waals surface area contributed by atoms with Gasteiger partial charge in [0.2, 0.25) is 0 Å². The molecule has 7 rings (SSSR count). The molecule has 2 amide bonds. The predicted molar refractivity (Wildman–Crippen MR) is 165 cm³/mol. The summed E-state index contributed by atoms with van der Waals surface area (Å²) in [6.45, 7) is 7.93. The minimum absolute atomic E-state index is 0.347. The maximum atomic E-state index is 13.2. The summed E-state index contributed by atoms with van der Waals surface area (Å²) in [6, 6.07) is 19.6. The van der Waals surface area contributed by atoms with Crippen molar-refractivity contribution in [1.29, 1.82) is 0 Å². The second kappa shape index (κ2) is 11.1. The molecule has 0 saturated carbocycles. The van der Waals surface area contributed by atoms with Crippen LogP contribution in [0.5, 0.6) is 0 Å². The number of carbonyl (C=O) groups excluding carboxylic acids is 1. The highest BCUT2D eigenvalue weighted by atomic mass is 32.2. The van der Waals surface area contributed by atoms with Gasteiger partial charge in [-0.2, -0.15) is 5.10 Å². The van der Waals surface area contributed by atoms with Gasteiger partial charge in [-0.15, -0.1) is 10.2 Å². The number of benzene rings is 2. The molecule has 3 aromatic heterocycles. The lowest BCUT2D eigenvalue weighted by molar-refractivity contribution is -0.0114. The number of rotatable bonds is 6. The molecule has 0 spiro atoms. The molecule has 1 fully saturated rings. The Balaban J connectivity index is 1.05. The van der Waals surface area contributed by atoms with Gasteiger partial charge in [-0.05, 0) is 82.1 Å². The monoisotopic (exact) mass is 595 g/mol. The Labute approximate surface area is 253 Å². The second-order valence-corrected chi connectivity index (χ2v) is 12.6. The zero-order chi connectivity index (χ0) is 29.6. The normalized spacial score (nSPS) is 16.3. The van der Waals surface area contributed by atoms with Crippen LogP contribution >= 0.6 is 11.8 Å². The second-order valence-electron chi connectivity index (χ2n) is 11.5. The zero-order valence-corrected chi connectivity index (χ0v) is 25.1. The number of amides is 2. The van der Waals surface area contributed by atoms with Gasteiger partial charge >= 0.3 is 6.03 Å². The lowest BCUT2D eigenvalue weighted by atomic mass is 10.00. The number of nitrogens with zero attached hydrogens (tertiary/aromatic N) is 5. The number of hydrogen-bond acceptors (Lipinski definition) is 7. The summed E-state index contributed by atoms with van der Waals surface area (Å²) in [7, 11) is 0. The molecule has 1 saturated heterocycles. The molecule has 2 aliphatic rings. The number of fused-ring (bicyclic) bond motifs is 2. The van der Waals surface area contributed by atoms with Crippen LogP contribution in [-0.4, -0.2) is 43.6 Å². The van der Waals surface area contributed by atoms with Crippen LogP contribution in [0.3, 0.4) is 0 Å². The fourth-order valence-corrected chi connectivity index (χ4v) is 6.43. The third-order valence-corrected chi connectivity index (χ3v) is 8.96. The summed E-state index contributed by atoms with van der Waals surface area (Å²) in [5, 5.41) is 19.7. The van der Waals surface area contributed by atoms with Crippen molar-refractivity contribution in [2.24, 2.45) is 0 Å². The molecule has 5 aromatic rings. The van der Waals surface area contributed by atoms with Crippen molar-refractivity contribution < 1.29 is 14.3 Å². The third kappa shape index (κ3) is 5.51. The van der Waals surface area contributed by atoms with Crippen LogP contribution in [0.25, 0.3) is 11.3 Å². The van der Waals surface area contributed by atoms with E-state index in [0.717, 1.165) is 69.8 Å². The van der Waals surface area contributed by atoms with Crippen LogP contribution in [0.1, 0.15) is 55.3 Å². The van der Waals surface area contributed by atoms with E-state index in [1.54, 1.807) is 16.4 Å². The predicted octanol–water partition coefficient (Wildman–Crippen LogP) is 6.68. The summed E-state index contributed by atoms with van der Waals surface area (Å²) in [5.74, 6) is 1.96. The highest BCUT2D eigenvalue weighted by Crippen LogP contribution is 2.40. The zero-order valence-electron chi connectivity index (χ0n) is 24.3. The summed E-state index contributed by atoms with van der Waals surface area (Å²) < 4.78 is 15.4. The molecule has 0 radical (unpaired) electrons. The van der Waals surface area contributed by atoms with E-state index in [4.69, 9.17) is 14.6 Å². The average Bonchev–Trinajstić information content (AvgIpc) is 3.68. The van der Waals surface area contributed by atoms with Gasteiger partial charge in [0.15, 0.2) is 5.65 Å². The molecule has 0 aliphatic carbocycles. The number of hydrogen-bond donors (Lipinski definition) is 2.